The van der Waals surface area contributed by atoms with E-state index in [1.807, 2.05) is 4.90 Å². The summed E-state index contributed by atoms with van der Waals surface area (Å²) in [5, 5.41) is 4.20. The van der Waals surface area contributed by atoms with Crippen LogP contribution in [0.15, 0.2) is 30.6 Å². The Labute approximate surface area is 199 Å². The number of pyridine rings is 1. The molecule has 2 aliphatic heterocycles. The van der Waals surface area contributed by atoms with Crippen LogP contribution in [0.3, 0.4) is 0 Å². The van der Waals surface area contributed by atoms with Crippen molar-refractivity contribution in [3.8, 4) is 5.88 Å². The summed E-state index contributed by atoms with van der Waals surface area (Å²) in [5.41, 5.74) is 0.962. The summed E-state index contributed by atoms with van der Waals surface area (Å²) < 4.78 is 6.12. The molecule has 2 aliphatic rings. The van der Waals surface area contributed by atoms with E-state index in [2.05, 4.69) is 20.3 Å². The van der Waals surface area contributed by atoms with Crippen LogP contribution in [-0.4, -0.2) is 58.0 Å². The molecule has 0 unspecified atom stereocenters. The minimum Gasteiger partial charge on any atom is -0.473 e. The molecule has 31 heavy (non-hydrogen) atoms. The van der Waals surface area contributed by atoms with E-state index in [0.29, 0.717) is 22.1 Å². The summed E-state index contributed by atoms with van der Waals surface area (Å²) in [4.78, 5) is 26.0. The maximum Gasteiger partial charge on any atom is 0.236 e. The summed E-state index contributed by atoms with van der Waals surface area (Å²) in [7, 11) is 0. The Morgan fingerprint density at radius 1 is 1.06 bits per heavy atom. The first-order chi connectivity index (χ1) is 14.5. The fourth-order valence-electron chi connectivity index (χ4n) is 3.63. The van der Waals surface area contributed by atoms with Gasteiger partial charge in [-0.2, -0.15) is 0 Å². The van der Waals surface area contributed by atoms with Crippen molar-refractivity contribution in [3.63, 3.8) is 0 Å². The minimum atomic E-state index is 0. The average molecular weight is 489 g/mol. The Kier molecular flexibility index (Phi) is 10.7. The van der Waals surface area contributed by atoms with E-state index in [9.17, 15) is 4.79 Å². The first kappa shape index (κ1) is 25.6. The molecule has 0 bridgehead atoms. The van der Waals surface area contributed by atoms with Crippen LogP contribution >= 0.6 is 35.6 Å². The number of nitrogens with one attached hydrogen (secondary N) is 1. The highest BCUT2D eigenvalue weighted by molar-refractivity contribution is 6.32. The third-order valence-corrected chi connectivity index (χ3v) is 5.68. The number of halogens is 3. The fourth-order valence-corrected chi connectivity index (χ4v) is 4.00. The lowest BCUT2D eigenvalue weighted by molar-refractivity contribution is -0.129. The molecular formula is C21H28Cl3N5O2. The zero-order chi connectivity index (χ0) is 21.3. The number of ether oxygens (including phenoxy) is 1. The van der Waals surface area contributed by atoms with E-state index < -0.39 is 0 Å². The molecule has 4 heterocycles. The monoisotopic (exact) mass is 487 g/mol. The van der Waals surface area contributed by atoms with Crippen molar-refractivity contribution in [2.24, 2.45) is 0 Å². The van der Waals surface area contributed by atoms with Crippen LogP contribution in [0, 0.1) is 0 Å². The molecule has 0 aliphatic carbocycles. The molecule has 2 aromatic rings. The Morgan fingerprint density at radius 2 is 1.68 bits per heavy atom. The molecule has 170 valence electrons. The average Bonchev–Trinajstić information content (AvgIpc) is 2.75. The second-order valence-corrected chi connectivity index (χ2v) is 8.15. The molecule has 0 aromatic carbocycles. The number of piperidine rings is 2. The molecule has 10 heteroatoms. The van der Waals surface area contributed by atoms with Crippen LogP contribution in [0.2, 0.25) is 10.3 Å². The number of hydrogen-bond acceptors (Lipinski definition) is 6. The van der Waals surface area contributed by atoms with Gasteiger partial charge < -0.3 is 15.0 Å². The topological polar surface area (TPSA) is 80.2 Å². The van der Waals surface area contributed by atoms with E-state index in [0.717, 1.165) is 57.6 Å². The van der Waals surface area contributed by atoms with Crippen molar-refractivity contribution in [2.75, 3.05) is 26.2 Å². The van der Waals surface area contributed by atoms with Gasteiger partial charge >= 0.3 is 0 Å². The van der Waals surface area contributed by atoms with Gasteiger partial charge in [-0.25, -0.2) is 9.97 Å². The summed E-state index contributed by atoms with van der Waals surface area (Å²) in [6.45, 7) is 5.22. The number of hydrogen-bond donors (Lipinski definition) is 1. The van der Waals surface area contributed by atoms with Crippen molar-refractivity contribution < 1.29 is 9.53 Å². The highest BCUT2D eigenvalue weighted by Crippen LogP contribution is 2.32. The van der Waals surface area contributed by atoms with Crippen molar-refractivity contribution >= 4 is 41.5 Å². The van der Waals surface area contributed by atoms with Gasteiger partial charge in [0.15, 0.2) is 0 Å². The second kappa shape index (κ2) is 13.0. The number of carbonyl (C=O) groups excluding carboxylic acids is 1. The maximum atomic E-state index is 11.4. The van der Waals surface area contributed by atoms with Gasteiger partial charge in [0.05, 0.1) is 0 Å². The van der Waals surface area contributed by atoms with E-state index in [4.69, 9.17) is 27.9 Å². The number of nitrogens with zero attached hydrogens (tertiary/aromatic N) is 4. The minimum absolute atomic E-state index is 0. The smallest absolute Gasteiger partial charge is 0.236 e. The van der Waals surface area contributed by atoms with E-state index >= 15 is 0 Å². The summed E-state index contributed by atoms with van der Waals surface area (Å²) in [5.74, 6) is 1.18. The van der Waals surface area contributed by atoms with E-state index in [1.165, 1.54) is 0 Å². The largest absolute Gasteiger partial charge is 0.473 e. The Bertz CT molecular complexity index is 811. The Balaban J connectivity index is 0.000000322. The molecule has 0 atom stereocenters. The van der Waals surface area contributed by atoms with Gasteiger partial charge in [0.2, 0.25) is 11.8 Å². The molecule has 4 rings (SSSR count). The summed E-state index contributed by atoms with van der Waals surface area (Å²) in [6.07, 6.45) is 7.56. The highest BCUT2D eigenvalue weighted by Gasteiger charge is 2.27. The van der Waals surface area contributed by atoms with Gasteiger partial charge in [-0.1, -0.05) is 29.3 Å². The van der Waals surface area contributed by atoms with E-state index in [1.54, 1.807) is 37.5 Å². The number of aromatic nitrogens is 3. The number of likely N-dealkylation sites (tertiary alicyclic amines) is 1. The molecular weight excluding hydrogens is 461 g/mol. The summed E-state index contributed by atoms with van der Waals surface area (Å²) in [6, 6.07) is 5.10. The quantitative estimate of drug-likeness (QED) is 0.654. The van der Waals surface area contributed by atoms with Gasteiger partial charge in [-0.05, 0) is 50.9 Å². The Hall–Kier alpha value is -1.67. The predicted octanol–water partition coefficient (Wildman–Crippen LogP) is 4.14. The SMILES string of the molecule is CC(=O)N1CCC(c2nccnc2OC2CCNCC2)CC1.Cl.Clc1cccc(Cl)n1. The second-order valence-electron chi connectivity index (χ2n) is 7.38. The van der Waals surface area contributed by atoms with Crippen LogP contribution in [0.1, 0.15) is 44.2 Å². The lowest BCUT2D eigenvalue weighted by Crippen LogP contribution is -2.37. The summed E-state index contributed by atoms with van der Waals surface area (Å²) >= 11 is 10.9. The van der Waals surface area contributed by atoms with Gasteiger partial charge in [0, 0.05) is 38.3 Å². The third-order valence-electron chi connectivity index (χ3n) is 5.26. The third kappa shape index (κ3) is 8.07. The molecule has 2 saturated heterocycles. The maximum absolute atomic E-state index is 11.4. The standard InChI is InChI=1S/C16H24N4O2.C5H3Cl2N.ClH/c1-12(21)20-10-4-13(5-11-20)15-16(19-9-8-18-15)22-14-2-6-17-7-3-14;6-4-2-1-3-5(7)8-4;/h8-9,13-14,17H,2-7,10-11H2,1H3;1-3H;1H. The van der Waals surface area contributed by atoms with Gasteiger partial charge in [0.25, 0.3) is 0 Å². The molecule has 0 radical (unpaired) electrons. The first-order valence-electron chi connectivity index (χ1n) is 10.2. The van der Waals surface area contributed by atoms with Crippen molar-refractivity contribution in [1.29, 1.82) is 0 Å². The van der Waals surface area contributed by atoms with Crippen molar-refractivity contribution in [3.05, 3.63) is 46.6 Å². The number of rotatable bonds is 3. The molecule has 2 fully saturated rings. The van der Waals surface area contributed by atoms with Crippen LogP contribution in [-0.2, 0) is 4.79 Å². The molecule has 2 aromatic heterocycles. The van der Waals surface area contributed by atoms with E-state index in [-0.39, 0.29) is 24.4 Å². The van der Waals surface area contributed by atoms with Gasteiger partial charge in [-0.3, -0.25) is 9.78 Å². The van der Waals surface area contributed by atoms with Crippen LogP contribution in [0.5, 0.6) is 5.88 Å². The highest BCUT2D eigenvalue weighted by atomic mass is 35.5. The van der Waals surface area contributed by atoms with Crippen LogP contribution in [0.25, 0.3) is 0 Å². The molecule has 0 saturated carbocycles. The predicted molar refractivity (Wildman–Crippen MR) is 124 cm³/mol. The number of amides is 1. The Morgan fingerprint density at radius 3 is 2.23 bits per heavy atom. The van der Waals surface area contributed by atoms with Crippen molar-refractivity contribution in [2.45, 2.75) is 44.6 Å². The lowest BCUT2D eigenvalue weighted by atomic mass is 9.93. The zero-order valence-electron chi connectivity index (χ0n) is 17.5. The first-order valence-corrected chi connectivity index (χ1v) is 11.0. The molecule has 1 amide bonds. The van der Waals surface area contributed by atoms with Gasteiger partial charge in [0.1, 0.15) is 22.1 Å². The molecule has 0 spiro atoms. The number of carbonyl (C=O) groups is 1. The zero-order valence-corrected chi connectivity index (χ0v) is 19.8. The van der Waals surface area contributed by atoms with Gasteiger partial charge in [-0.15, -0.1) is 12.4 Å². The molecule has 1 N–H and O–H groups in total. The van der Waals surface area contributed by atoms with Crippen molar-refractivity contribution in [1.82, 2.24) is 25.2 Å². The fraction of sp³-hybridized carbons (Fsp3) is 0.524. The molecule has 7 nitrogen and oxygen atoms in total. The lowest BCUT2D eigenvalue weighted by Gasteiger charge is -2.32. The van der Waals surface area contributed by atoms with Crippen LogP contribution in [0.4, 0.5) is 0 Å². The normalized spacial score (nSPS) is 17.2. The van der Waals surface area contributed by atoms with Crippen LogP contribution < -0.4 is 10.1 Å².